The SMILES string of the molecule is CCCCCC(C)NC(=O)CCc1nc2cc(S(=O)(=O)N(CC)CC)ccc2n1C. The minimum atomic E-state index is -3.53. The molecule has 1 aromatic heterocycles. The van der Waals surface area contributed by atoms with E-state index in [2.05, 4.69) is 17.2 Å². The molecular formula is C22H36N4O3S. The van der Waals surface area contributed by atoms with E-state index in [0.717, 1.165) is 24.2 Å². The van der Waals surface area contributed by atoms with E-state index in [1.165, 1.54) is 17.1 Å². The Morgan fingerprint density at radius 1 is 1.20 bits per heavy atom. The van der Waals surface area contributed by atoms with E-state index in [9.17, 15) is 13.2 Å². The van der Waals surface area contributed by atoms with Gasteiger partial charge in [0.25, 0.3) is 0 Å². The number of imidazole rings is 1. The number of amides is 1. The van der Waals surface area contributed by atoms with E-state index < -0.39 is 10.0 Å². The monoisotopic (exact) mass is 436 g/mol. The highest BCUT2D eigenvalue weighted by atomic mass is 32.2. The number of hydrogen-bond acceptors (Lipinski definition) is 4. The Hall–Kier alpha value is -1.93. The van der Waals surface area contributed by atoms with Gasteiger partial charge < -0.3 is 9.88 Å². The predicted molar refractivity (Wildman–Crippen MR) is 121 cm³/mol. The molecule has 8 heteroatoms. The first kappa shape index (κ1) is 24.3. The smallest absolute Gasteiger partial charge is 0.243 e. The molecular weight excluding hydrogens is 400 g/mol. The number of nitrogens with one attached hydrogen (secondary N) is 1. The van der Waals surface area contributed by atoms with Crippen LogP contribution in [0.5, 0.6) is 0 Å². The first-order valence-corrected chi connectivity index (χ1v) is 12.4. The van der Waals surface area contributed by atoms with Crippen molar-refractivity contribution in [2.75, 3.05) is 13.1 Å². The second kappa shape index (κ2) is 10.9. The summed E-state index contributed by atoms with van der Waals surface area (Å²) < 4.78 is 28.9. The molecule has 30 heavy (non-hydrogen) atoms. The van der Waals surface area contributed by atoms with Crippen molar-refractivity contribution < 1.29 is 13.2 Å². The van der Waals surface area contributed by atoms with Crippen LogP contribution in [0.2, 0.25) is 0 Å². The van der Waals surface area contributed by atoms with E-state index in [-0.39, 0.29) is 16.8 Å². The molecule has 168 valence electrons. The molecule has 1 unspecified atom stereocenters. The molecule has 0 saturated heterocycles. The maximum absolute atomic E-state index is 12.8. The fraction of sp³-hybridized carbons (Fsp3) is 0.636. The molecule has 1 N–H and O–H groups in total. The van der Waals surface area contributed by atoms with E-state index in [1.54, 1.807) is 18.2 Å². The van der Waals surface area contributed by atoms with Crippen molar-refractivity contribution >= 4 is 27.0 Å². The second-order valence-corrected chi connectivity index (χ2v) is 9.73. The number of rotatable bonds is 12. The fourth-order valence-electron chi connectivity index (χ4n) is 3.67. The summed E-state index contributed by atoms with van der Waals surface area (Å²) in [5.74, 6) is 0.798. The van der Waals surface area contributed by atoms with Crippen molar-refractivity contribution in [2.24, 2.45) is 7.05 Å². The van der Waals surface area contributed by atoms with E-state index >= 15 is 0 Å². The van der Waals surface area contributed by atoms with Crippen LogP contribution >= 0.6 is 0 Å². The Morgan fingerprint density at radius 2 is 1.90 bits per heavy atom. The minimum Gasteiger partial charge on any atom is -0.354 e. The summed E-state index contributed by atoms with van der Waals surface area (Å²) in [6.07, 6.45) is 5.35. The average molecular weight is 437 g/mol. The van der Waals surface area contributed by atoms with Crippen LogP contribution in [0.1, 0.15) is 65.6 Å². The molecule has 0 bridgehead atoms. The molecule has 0 spiro atoms. The molecule has 7 nitrogen and oxygen atoms in total. The lowest BCUT2D eigenvalue weighted by Crippen LogP contribution is -2.32. The minimum absolute atomic E-state index is 0.0239. The van der Waals surface area contributed by atoms with E-state index in [0.29, 0.717) is 31.4 Å². The van der Waals surface area contributed by atoms with Crippen molar-refractivity contribution in [3.05, 3.63) is 24.0 Å². The number of carbonyl (C=O) groups excluding carboxylic acids is 1. The van der Waals surface area contributed by atoms with Gasteiger partial charge in [-0.25, -0.2) is 13.4 Å². The number of aromatic nitrogens is 2. The third-order valence-electron chi connectivity index (χ3n) is 5.51. The summed E-state index contributed by atoms with van der Waals surface area (Å²) in [6.45, 7) is 8.72. The van der Waals surface area contributed by atoms with Gasteiger partial charge in [0.2, 0.25) is 15.9 Å². The Morgan fingerprint density at radius 3 is 2.53 bits per heavy atom. The normalized spacial score (nSPS) is 13.1. The van der Waals surface area contributed by atoms with Crippen LogP contribution in [0.3, 0.4) is 0 Å². The van der Waals surface area contributed by atoms with Crippen molar-refractivity contribution in [3.63, 3.8) is 0 Å². The number of aryl methyl sites for hydroxylation is 2. The van der Waals surface area contributed by atoms with Crippen molar-refractivity contribution in [3.8, 4) is 0 Å². The van der Waals surface area contributed by atoms with Crippen molar-refractivity contribution in [2.45, 2.75) is 77.2 Å². The van der Waals surface area contributed by atoms with Gasteiger partial charge in [-0.15, -0.1) is 0 Å². The number of hydrogen-bond donors (Lipinski definition) is 1. The number of nitrogens with zero attached hydrogens (tertiary/aromatic N) is 3. The van der Waals surface area contributed by atoms with E-state index in [4.69, 9.17) is 0 Å². The van der Waals surface area contributed by atoms with Crippen molar-refractivity contribution in [1.29, 1.82) is 0 Å². The topological polar surface area (TPSA) is 84.3 Å². The Bertz CT molecular complexity index is 949. The van der Waals surface area contributed by atoms with Gasteiger partial charge in [0.15, 0.2) is 0 Å². The number of sulfonamides is 1. The molecule has 0 radical (unpaired) electrons. The van der Waals surface area contributed by atoms with Gasteiger partial charge in [-0.05, 0) is 31.5 Å². The van der Waals surface area contributed by atoms with Gasteiger partial charge in [-0.3, -0.25) is 4.79 Å². The Labute approximate surface area is 180 Å². The number of benzene rings is 1. The lowest BCUT2D eigenvalue weighted by molar-refractivity contribution is -0.121. The molecule has 0 saturated carbocycles. The molecule has 2 aromatic rings. The van der Waals surface area contributed by atoms with Gasteiger partial charge >= 0.3 is 0 Å². The molecule has 0 fully saturated rings. The highest BCUT2D eigenvalue weighted by Gasteiger charge is 2.22. The van der Waals surface area contributed by atoms with Crippen LogP contribution in [-0.2, 0) is 28.3 Å². The maximum atomic E-state index is 12.8. The van der Waals surface area contributed by atoms with Gasteiger partial charge in [-0.1, -0.05) is 40.0 Å². The summed E-state index contributed by atoms with van der Waals surface area (Å²) >= 11 is 0. The zero-order chi connectivity index (χ0) is 22.3. The van der Waals surface area contributed by atoms with Crippen molar-refractivity contribution in [1.82, 2.24) is 19.2 Å². The first-order valence-electron chi connectivity index (χ1n) is 11.0. The molecule has 1 atom stereocenters. The van der Waals surface area contributed by atoms with Gasteiger partial charge in [0.1, 0.15) is 5.82 Å². The van der Waals surface area contributed by atoms with Crippen LogP contribution in [0.4, 0.5) is 0 Å². The molecule has 0 aliphatic rings. The number of carbonyl (C=O) groups is 1. The zero-order valence-electron chi connectivity index (χ0n) is 18.9. The molecule has 1 amide bonds. The van der Waals surface area contributed by atoms with Crippen LogP contribution in [0.25, 0.3) is 11.0 Å². The van der Waals surface area contributed by atoms with Gasteiger partial charge in [-0.2, -0.15) is 4.31 Å². The molecule has 0 aliphatic carbocycles. The quantitative estimate of drug-likeness (QED) is 0.515. The average Bonchev–Trinajstić information content (AvgIpc) is 3.02. The van der Waals surface area contributed by atoms with E-state index in [1.807, 2.05) is 32.4 Å². The number of unbranched alkanes of at least 4 members (excludes halogenated alkanes) is 2. The van der Waals surface area contributed by atoms with Crippen LogP contribution in [-0.4, -0.2) is 47.3 Å². The highest BCUT2D eigenvalue weighted by Crippen LogP contribution is 2.22. The standard InChI is InChI=1S/C22H36N4O3S/c1-6-9-10-11-17(4)23-22(27)15-14-21-24-19-16-18(12-13-20(19)25(21)5)30(28,29)26(7-2)8-3/h12-13,16-17H,6-11,14-15H2,1-5H3,(H,23,27). The molecule has 1 heterocycles. The third kappa shape index (κ3) is 5.82. The lowest BCUT2D eigenvalue weighted by Gasteiger charge is -2.18. The highest BCUT2D eigenvalue weighted by molar-refractivity contribution is 7.89. The molecule has 2 rings (SSSR count). The predicted octanol–water partition coefficient (Wildman–Crippen LogP) is 3.62. The summed E-state index contributed by atoms with van der Waals surface area (Å²) in [5, 5.41) is 3.06. The summed E-state index contributed by atoms with van der Waals surface area (Å²) in [5.41, 5.74) is 1.49. The maximum Gasteiger partial charge on any atom is 0.243 e. The van der Waals surface area contributed by atoms with Crippen LogP contribution in [0, 0.1) is 0 Å². The summed E-state index contributed by atoms with van der Waals surface area (Å²) in [6, 6.07) is 5.23. The Kier molecular flexibility index (Phi) is 8.85. The van der Waals surface area contributed by atoms with Crippen LogP contribution in [0.15, 0.2) is 23.1 Å². The second-order valence-electron chi connectivity index (χ2n) is 7.79. The Balaban J connectivity index is 2.09. The number of fused-ring (bicyclic) bond motifs is 1. The lowest BCUT2D eigenvalue weighted by atomic mass is 10.1. The van der Waals surface area contributed by atoms with Crippen LogP contribution < -0.4 is 5.32 Å². The fourth-order valence-corrected chi connectivity index (χ4v) is 5.15. The molecule has 0 aliphatic heterocycles. The summed E-state index contributed by atoms with van der Waals surface area (Å²) in [7, 11) is -1.63. The summed E-state index contributed by atoms with van der Waals surface area (Å²) in [4.78, 5) is 17.1. The van der Waals surface area contributed by atoms with Gasteiger partial charge in [0.05, 0.1) is 15.9 Å². The zero-order valence-corrected chi connectivity index (χ0v) is 19.8. The largest absolute Gasteiger partial charge is 0.354 e. The molecule has 1 aromatic carbocycles. The first-order chi connectivity index (χ1) is 14.2. The third-order valence-corrected chi connectivity index (χ3v) is 7.56. The van der Waals surface area contributed by atoms with Gasteiger partial charge in [0, 0.05) is 39.0 Å².